The largest absolute Gasteiger partial charge is 0.411 e. The molecule has 3 aromatic rings. The number of hydrogen-bond acceptors (Lipinski definition) is 9. The molecule has 10 heteroatoms. The van der Waals surface area contributed by atoms with Gasteiger partial charge in [0.1, 0.15) is 0 Å². The molecule has 9 nitrogen and oxygen atoms in total. The number of benzene rings is 1. The molecule has 0 aliphatic carbocycles. The molecular formula is C15H11N5O4S. The van der Waals surface area contributed by atoms with Crippen molar-refractivity contribution in [2.45, 2.75) is 5.22 Å². The molecule has 0 aliphatic rings. The van der Waals surface area contributed by atoms with Gasteiger partial charge in [-0.05, 0) is 24.3 Å². The van der Waals surface area contributed by atoms with Gasteiger partial charge in [0.2, 0.25) is 11.0 Å². The predicted molar refractivity (Wildman–Crippen MR) is 90.0 cm³/mol. The van der Waals surface area contributed by atoms with Crippen LogP contribution < -0.4 is 5.32 Å². The first-order chi connectivity index (χ1) is 12.1. The lowest BCUT2D eigenvalue weighted by Crippen LogP contribution is -2.10. The van der Waals surface area contributed by atoms with Gasteiger partial charge in [-0.1, -0.05) is 0 Å². The van der Waals surface area contributed by atoms with Crippen LogP contribution >= 0.6 is 11.8 Å². The van der Waals surface area contributed by atoms with Crippen LogP contribution in [0.2, 0.25) is 0 Å². The van der Waals surface area contributed by atoms with E-state index in [0.717, 1.165) is 11.8 Å². The van der Waals surface area contributed by atoms with Crippen molar-refractivity contribution in [3.05, 3.63) is 58.9 Å². The second-order valence-electron chi connectivity index (χ2n) is 4.74. The number of thioether (sulfide) groups is 1. The number of nitrogens with one attached hydrogen (secondary N) is 1. The normalized spacial score (nSPS) is 10.4. The third-order valence-corrected chi connectivity index (χ3v) is 3.76. The second kappa shape index (κ2) is 7.53. The molecule has 1 N–H and O–H groups in total. The minimum atomic E-state index is -0.485. The maximum Gasteiger partial charge on any atom is 0.284 e. The van der Waals surface area contributed by atoms with Crippen molar-refractivity contribution in [1.29, 1.82) is 0 Å². The van der Waals surface area contributed by atoms with Crippen molar-refractivity contribution < 1.29 is 14.1 Å². The molecule has 126 valence electrons. The summed E-state index contributed by atoms with van der Waals surface area (Å²) >= 11 is 0.821. The van der Waals surface area contributed by atoms with E-state index >= 15 is 0 Å². The molecule has 0 spiro atoms. The number of hydrogen-bond donors (Lipinski definition) is 1. The Morgan fingerprint density at radius 2 is 1.88 bits per heavy atom. The standard InChI is InChI=1S/C15H11N5O4S/c21-13(9-17-11-1-3-12(4-2-11)20(22)23)25-15-19-18-14(24-15)10-5-7-16-8-6-10/h1-8,17H,9H2. The summed E-state index contributed by atoms with van der Waals surface area (Å²) in [5.74, 6) is 0.307. The molecule has 0 amide bonds. The molecule has 0 fully saturated rings. The average molecular weight is 357 g/mol. The van der Waals surface area contributed by atoms with Gasteiger partial charge in [0.25, 0.3) is 10.9 Å². The number of nitro groups is 1. The van der Waals surface area contributed by atoms with E-state index in [0.29, 0.717) is 17.1 Å². The third-order valence-electron chi connectivity index (χ3n) is 3.05. The van der Waals surface area contributed by atoms with E-state index in [1.54, 1.807) is 24.5 Å². The van der Waals surface area contributed by atoms with Gasteiger partial charge < -0.3 is 9.73 Å². The number of anilines is 1. The highest BCUT2D eigenvalue weighted by Gasteiger charge is 2.13. The Kier molecular flexibility index (Phi) is 5.00. The van der Waals surface area contributed by atoms with Crippen LogP contribution in [-0.2, 0) is 4.79 Å². The monoisotopic (exact) mass is 357 g/mol. The van der Waals surface area contributed by atoms with Crippen molar-refractivity contribution in [3.63, 3.8) is 0 Å². The molecule has 0 saturated carbocycles. The molecule has 0 aliphatic heterocycles. The number of rotatable bonds is 6. The Morgan fingerprint density at radius 3 is 2.56 bits per heavy atom. The first kappa shape index (κ1) is 16.6. The molecule has 2 aromatic heterocycles. The lowest BCUT2D eigenvalue weighted by molar-refractivity contribution is -0.384. The zero-order chi connectivity index (χ0) is 17.6. The molecule has 0 atom stereocenters. The SMILES string of the molecule is O=C(CNc1ccc([N+](=O)[O-])cc1)Sc1nnc(-c2ccncc2)o1. The van der Waals surface area contributed by atoms with Crippen LogP contribution in [0.1, 0.15) is 0 Å². The van der Waals surface area contributed by atoms with Crippen LogP contribution in [0.4, 0.5) is 11.4 Å². The summed E-state index contributed by atoms with van der Waals surface area (Å²) in [5.41, 5.74) is 1.30. The van der Waals surface area contributed by atoms with E-state index in [4.69, 9.17) is 4.42 Å². The summed E-state index contributed by atoms with van der Waals surface area (Å²) in [6, 6.07) is 9.23. The van der Waals surface area contributed by atoms with Crippen molar-refractivity contribution in [2.75, 3.05) is 11.9 Å². The summed E-state index contributed by atoms with van der Waals surface area (Å²) in [7, 11) is 0. The van der Waals surface area contributed by atoms with Gasteiger partial charge >= 0.3 is 0 Å². The van der Waals surface area contributed by atoms with Crippen molar-refractivity contribution in [3.8, 4) is 11.5 Å². The van der Waals surface area contributed by atoms with E-state index < -0.39 is 4.92 Å². The van der Waals surface area contributed by atoms with Crippen LogP contribution in [0.5, 0.6) is 0 Å². The topological polar surface area (TPSA) is 124 Å². The predicted octanol–water partition coefficient (Wildman–Crippen LogP) is 2.77. The number of carbonyl (C=O) groups is 1. The number of aromatic nitrogens is 3. The summed E-state index contributed by atoms with van der Waals surface area (Å²) < 4.78 is 5.42. The first-order valence-corrected chi connectivity index (χ1v) is 7.86. The lowest BCUT2D eigenvalue weighted by Gasteiger charge is -2.03. The van der Waals surface area contributed by atoms with E-state index in [1.807, 2.05) is 0 Å². The fourth-order valence-corrected chi connectivity index (χ4v) is 2.41. The maximum absolute atomic E-state index is 12.0. The van der Waals surface area contributed by atoms with Gasteiger partial charge in [0.15, 0.2) is 0 Å². The van der Waals surface area contributed by atoms with Gasteiger partial charge in [0.05, 0.1) is 11.5 Å². The highest BCUT2D eigenvalue weighted by atomic mass is 32.2. The number of carbonyl (C=O) groups excluding carboxylic acids is 1. The fourth-order valence-electron chi connectivity index (χ4n) is 1.87. The molecule has 2 heterocycles. The van der Waals surface area contributed by atoms with Crippen LogP contribution in [0.25, 0.3) is 11.5 Å². The van der Waals surface area contributed by atoms with Crippen molar-refractivity contribution >= 4 is 28.3 Å². The van der Waals surface area contributed by atoms with Crippen LogP contribution in [0, 0.1) is 10.1 Å². The van der Waals surface area contributed by atoms with Crippen LogP contribution in [0.3, 0.4) is 0 Å². The molecule has 1 aromatic carbocycles. The van der Waals surface area contributed by atoms with Gasteiger partial charge in [-0.25, -0.2) is 0 Å². The molecule has 25 heavy (non-hydrogen) atoms. The maximum atomic E-state index is 12.0. The van der Waals surface area contributed by atoms with Crippen LogP contribution in [-0.4, -0.2) is 31.8 Å². The minimum absolute atomic E-state index is 0.00937. The van der Waals surface area contributed by atoms with Crippen molar-refractivity contribution in [2.24, 2.45) is 0 Å². The Bertz CT molecular complexity index is 882. The molecule has 0 saturated heterocycles. The van der Waals surface area contributed by atoms with E-state index in [2.05, 4.69) is 20.5 Å². The van der Waals surface area contributed by atoms with Crippen molar-refractivity contribution in [1.82, 2.24) is 15.2 Å². The average Bonchev–Trinajstić information content (AvgIpc) is 3.09. The number of nitrogens with zero attached hydrogens (tertiary/aromatic N) is 4. The Hall–Kier alpha value is -3.27. The molecular weight excluding hydrogens is 346 g/mol. The number of nitro benzene ring substituents is 1. The summed E-state index contributed by atoms with van der Waals surface area (Å²) in [6.45, 7) is 0.00937. The second-order valence-corrected chi connectivity index (χ2v) is 5.75. The number of pyridine rings is 1. The lowest BCUT2D eigenvalue weighted by atomic mass is 10.3. The fraction of sp³-hybridized carbons (Fsp3) is 0.0667. The molecule has 3 rings (SSSR count). The van der Waals surface area contributed by atoms with Gasteiger partial charge in [-0.3, -0.25) is 19.9 Å². The molecule has 0 radical (unpaired) electrons. The highest BCUT2D eigenvalue weighted by molar-refractivity contribution is 8.13. The quantitative estimate of drug-likeness (QED) is 0.403. The highest BCUT2D eigenvalue weighted by Crippen LogP contribution is 2.23. The first-order valence-electron chi connectivity index (χ1n) is 7.05. The van der Waals surface area contributed by atoms with E-state index in [1.165, 1.54) is 24.3 Å². The van der Waals surface area contributed by atoms with E-state index in [9.17, 15) is 14.9 Å². The zero-order valence-electron chi connectivity index (χ0n) is 12.7. The van der Waals surface area contributed by atoms with Gasteiger partial charge in [-0.2, -0.15) is 0 Å². The van der Waals surface area contributed by atoms with Crippen LogP contribution in [0.15, 0.2) is 58.4 Å². The van der Waals surface area contributed by atoms with Gasteiger partial charge in [0, 0.05) is 47.5 Å². The minimum Gasteiger partial charge on any atom is -0.411 e. The smallest absolute Gasteiger partial charge is 0.284 e. The molecule has 0 bridgehead atoms. The third kappa shape index (κ3) is 4.38. The summed E-state index contributed by atoms with van der Waals surface area (Å²) in [6.07, 6.45) is 3.21. The molecule has 0 unspecified atom stereocenters. The summed E-state index contributed by atoms with van der Waals surface area (Å²) in [5, 5.41) is 21.1. The van der Waals surface area contributed by atoms with E-state index in [-0.39, 0.29) is 22.6 Å². The Labute approximate surface area is 145 Å². The zero-order valence-corrected chi connectivity index (χ0v) is 13.5. The number of non-ortho nitro benzene ring substituents is 1. The Balaban J connectivity index is 1.54. The Morgan fingerprint density at radius 1 is 1.16 bits per heavy atom. The van der Waals surface area contributed by atoms with Gasteiger partial charge in [-0.15, -0.1) is 10.2 Å². The summed E-state index contributed by atoms with van der Waals surface area (Å²) in [4.78, 5) is 26.0.